The van der Waals surface area contributed by atoms with Crippen LogP contribution in [0.5, 0.6) is 11.5 Å². The van der Waals surface area contributed by atoms with E-state index in [1.807, 2.05) is 12.1 Å². The Morgan fingerprint density at radius 3 is 2.92 bits per heavy atom. The summed E-state index contributed by atoms with van der Waals surface area (Å²) in [6.07, 6.45) is 3.29. The molecule has 7 nitrogen and oxygen atoms in total. The van der Waals surface area contributed by atoms with Crippen molar-refractivity contribution in [2.75, 3.05) is 26.8 Å². The molecule has 0 unspecified atom stereocenters. The zero-order chi connectivity index (χ0) is 17.6. The van der Waals surface area contributed by atoms with E-state index in [-0.39, 0.29) is 25.0 Å². The average molecular weight is 342 g/mol. The van der Waals surface area contributed by atoms with E-state index < -0.39 is 11.4 Å². The summed E-state index contributed by atoms with van der Waals surface area (Å²) >= 11 is 0. The first kappa shape index (κ1) is 15.6. The molecule has 7 heteroatoms. The van der Waals surface area contributed by atoms with Gasteiger partial charge in [-0.1, -0.05) is 12.1 Å². The van der Waals surface area contributed by atoms with E-state index in [0.717, 1.165) is 5.56 Å². The summed E-state index contributed by atoms with van der Waals surface area (Å²) in [6.45, 7) is 0.463. The van der Waals surface area contributed by atoms with Crippen molar-refractivity contribution < 1.29 is 24.2 Å². The van der Waals surface area contributed by atoms with E-state index in [1.54, 1.807) is 36.5 Å². The van der Waals surface area contributed by atoms with Gasteiger partial charge < -0.3 is 24.5 Å². The van der Waals surface area contributed by atoms with Crippen LogP contribution < -0.4 is 9.47 Å². The van der Waals surface area contributed by atoms with Gasteiger partial charge in [0.25, 0.3) is 5.91 Å². The minimum atomic E-state index is -1.15. The molecule has 1 saturated heterocycles. The molecule has 0 bridgehead atoms. The fourth-order valence-corrected chi connectivity index (χ4v) is 3.85. The third-order valence-electron chi connectivity index (χ3n) is 5.18. The van der Waals surface area contributed by atoms with Crippen LogP contribution in [0.15, 0.2) is 36.7 Å². The maximum Gasteiger partial charge on any atom is 0.315 e. The number of carbonyl (C=O) groups is 2. The first-order valence-electron chi connectivity index (χ1n) is 8.02. The lowest BCUT2D eigenvalue weighted by Gasteiger charge is -2.36. The van der Waals surface area contributed by atoms with Gasteiger partial charge in [-0.25, -0.2) is 0 Å². The van der Waals surface area contributed by atoms with Crippen molar-refractivity contribution in [1.82, 2.24) is 9.88 Å². The normalized spacial score (nSPS) is 24.2. The Hall–Kier alpha value is -2.96. The lowest BCUT2D eigenvalue weighted by Crippen LogP contribution is -2.46. The highest BCUT2D eigenvalue weighted by Crippen LogP contribution is 2.52. The van der Waals surface area contributed by atoms with E-state index in [1.165, 1.54) is 0 Å². The van der Waals surface area contributed by atoms with E-state index in [2.05, 4.69) is 4.98 Å². The number of H-pyrrole nitrogens is 1. The van der Waals surface area contributed by atoms with Crippen LogP contribution in [-0.2, 0) is 4.79 Å². The number of aromatic amines is 1. The van der Waals surface area contributed by atoms with Crippen LogP contribution in [0.25, 0.3) is 0 Å². The number of rotatable bonds is 3. The number of ether oxygens (including phenoxy) is 2. The number of fused-ring (bicyclic) bond motifs is 3. The van der Waals surface area contributed by atoms with Crippen molar-refractivity contribution in [3.05, 3.63) is 47.8 Å². The van der Waals surface area contributed by atoms with Gasteiger partial charge in [0, 0.05) is 37.0 Å². The van der Waals surface area contributed by atoms with Crippen LogP contribution in [0.3, 0.4) is 0 Å². The highest BCUT2D eigenvalue weighted by atomic mass is 16.5. The standard InChI is InChI=1S/C18H18N2O5/c1-24-14-4-2-3-12-13-8-20(16(21)11-5-6-19-7-11)9-18(13,17(22)23)10-25-15(12)14/h2-7,13,19H,8-10H2,1H3,(H,22,23)/t13-,18-/m1/s1. The summed E-state index contributed by atoms with van der Waals surface area (Å²) in [6, 6.07) is 7.13. The van der Waals surface area contributed by atoms with Crippen LogP contribution >= 0.6 is 0 Å². The number of amides is 1. The third kappa shape index (κ3) is 2.19. The van der Waals surface area contributed by atoms with Crippen molar-refractivity contribution >= 4 is 11.9 Å². The highest BCUT2D eigenvalue weighted by molar-refractivity contribution is 5.95. The van der Waals surface area contributed by atoms with E-state index >= 15 is 0 Å². The predicted molar refractivity (Wildman–Crippen MR) is 88.0 cm³/mol. The molecule has 1 aromatic heterocycles. The number of hydrogen-bond donors (Lipinski definition) is 2. The summed E-state index contributed by atoms with van der Waals surface area (Å²) in [5.74, 6) is -0.322. The first-order chi connectivity index (χ1) is 12.1. The molecule has 2 aliphatic heterocycles. The van der Waals surface area contributed by atoms with Gasteiger partial charge in [-0.15, -0.1) is 0 Å². The molecular formula is C18H18N2O5. The molecule has 1 aromatic carbocycles. The van der Waals surface area contributed by atoms with Gasteiger partial charge in [0.05, 0.1) is 12.7 Å². The van der Waals surface area contributed by atoms with Crippen molar-refractivity contribution in [3.8, 4) is 11.5 Å². The van der Waals surface area contributed by atoms with Gasteiger partial charge in [0.15, 0.2) is 11.5 Å². The number of likely N-dealkylation sites (tertiary alicyclic amines) is 1. The maximum atomic E-state index is 12.7. The number of nitrogens with zero attached hydrogens (tertiary/aromatic N) is 1. The molecule has 0 spiro atoms. The van der Waals surface area contributed by atoms with Crippen LogP contribution in [0.2, 0.25) is 0 Å². The quantitative estimate of drug-likeness (QED) is 0.886. The van der Waals surface area contributed by atoms with Gasteiger partial charge in [0.1, 0.15) is 12.0 Å². The monoisotopic (exact) mass is 342 g/mol. The summed E-state index contributed by atoms with van der Waals surface area (Å²) in [7, 11) is 1.55. The second-order valence-corrected chi connectivity index (χ2v) is 6.47. The fourth-order valence-electron chi connectivity index (χ4n) is 3.85. The van der Waals surface area contributed by atoms with Crippen LogP contribution in [0.4, 0.5) is 0 Å². The molecule has 0 radical (unpaired) electrons. The summed E-state index contributed by atoms with van der Waals surface area (Å²) in [4.78, 5) is 29.3. The minimum absolute atomic E-state index is 0.0112. The molecule has 25 heavy (non-hydrogen) atoms. The van der Waals surface area contributed by atoms with Crippen molar-refractivity contribution in [2.24, 2.45) is 5.41 Å². The van der Waals surface area contributed by atoms with E-state index in [4.69, 9.17) is 9.47 Å². The molecule has 2 atom stereocenters. The van der Waals surface area contributed by atoms with Gasteiger partial charge in [0.2, 0.25) is 0 Å². The summed E-state index contributed by atoms with van der Waals surface area (Å²) < 4.78 is 11.1. The fraction of sp³-hybridized carbons (Fsp3) is 0.333. The topological polar surface area (TPSA) is 91.9 Å². The predicted octanol–water partition coefficient (Wildman–Crippen LogP) is 1.73. The Labute approximate surface area is 144 Å². The van der Waals surface area contributed by atoms with Crippen molar-refractivity contribution in [2.45, 2.75) is 5.92 Å². The number of carboxylic acids is 1. The van der Waals surface area contributed by atoms with Crippen LogP contribution in [0, 0.1) is 5.41 Å². The number of carbonyl (C=O) groups excluding carboxylic acids is 1. The molecule has 3 heterocycles. The molecular weight excluding hydrogens is 324 g/mol. The average Bonchev–Trinajstić information content (AvgIpc) is 3.28. The molecule has 0 aliphatic carbocycles. The second-order valence-electron chi connectivity index (χ2n) is 6.47. The molecule has 2 aliphatic rings. The molecule has 1 amide bonds. The molecule has 2 aromatic rings. The number of para-hydroxylation sites is 1. The van der Waals surface area contributed by atoms with E-state index in [0.29, 0.717) is 23.6 Å². The van der Waals surface area contributed by atoms with Gasteiger partial charge in [-0.05, 0) is 12.1 Å². The Kier molecular flexibility index (Phi) is 3.45. The number of hydrogen-bond acceptors (Lipinski definition) is 4. The first-order valence-corrected chi connectivity index (χ1v) is 8.02. The van der Waals surface area contributed by atoms with Crippen LogP contribution in [0.1, 0.15) is 21.8 Å². The maximum absolute atomic E-state index is 12.7. The van der Waals surface area contributed by atoms with Gasteiger partial charge >= 0.3 is 5.97 Å². The van der Waals surface area contributed by atoms with Crippen molar-refractivity contribution in [3.63, 3.8) is 0 Å². The van der Waals surface area contributed by atoms with Gasteiger partial charge in [-0.3, -0.25) is 9.59 Å². The molecule has 1 fully saturated rings. The summed E-state index contributed by atoms with van der Waals surface area (Å²) in [5.41, 5.74) is 0.147. The molecule has 130 valence electrons. The zero-order valence-electron chi connectivity index (χ0n) is 13.7. The highest BCUT2D eigenvalue weighted by Gasteiger charge is 2.58. The Bertz CT molecular complexity index is 832. The number of aromatic nitrogens is 1. The lowest BCUT2D eigenvalue weighted by molar-refractivity contribution is -0.151. The van der Waals surface area contributed by atoms with E-state index in [9.17, 15) is 14.7 Å². The van der Waals surface area contributed by atoms with Crippen molar-refractivity contribution in [1.29, 1.82) is 0 Å². The zero-order valence-corrected chi connectivity index (χ0v) is 13.7. The molecule has 0 saturated carbocycles. The Balaban J connectivity index is 1.75. The Morgan fingerprint density at radius 1 is 1.40 bits per heavy atom. The third-order valence-corrected chi connectivity index (χ3v) is 5.18. The lowest BCUT2D eigenvalue weighted by atomic mass is 9.73. The molecule has 4 rings (SSSR count). The molecule has 2 N–H and O–H groups in total. The van der Waals surface area contributed by atoms with Crippen LogP contribution in [-0.4, -0.2) is 53.7 Å². The number of nitrogens with one attached hydrogen (secondary N) is 1. The number of carboxylic acid groups (broad SMARTS) is 1. The smallest absolute Gasteiger partial charge is 0.315 e. The second kappa shape index (κ2) is 5.54. The SMILES string of the molecule is COc1cccc2c1OC[C@]1(C(=O)O)CN(C(=O)c3cc[nH]c3)C[C@H]21. The van der Waals surface area contributed by atoms with Gasteiger partial charge in [-0.2, -0.15) is 0 Å². The number of aliphatic carboxylic acids is 1. The largest absolute Gasteiger partial charge is 0.493 e. The summed E-state index contributed by atoms with van der Waals surface area (Å²) in [5, 5.41) is 9.93. The number of benzene rings is 1. The Morgan fingerprint density at radius 2 is 2.24 bits per heavy atom. The minimum Gasteiger partial charge on any atom is -0.493 e. The number of methoxy groups -OCH3 is 1.